The van der Waals surface area contributed by atoms with Gasteiger partial charge in [-0.1, -0.05) is 12.1 Å². The molecular formula is C20H21F3N4O6. The predicted molar refractivity (Wildman–Crippen MR) is 106 cm³/mol. The van der Waals surface area contributed by atoms with Crippen LogP contribution in [0.1, 0.15) is 26.3 Å². The molecule has 5 amide bonds. The van der Waals surface area contributed by atoms with Gasteiger partial charge in [0.25, 0.3) is 5.91 Å². The van der Waals surface area contributed by atoms with Gasteiger partial charge in [-0.05, 0) is 38.5 Å². The van der Waals surface area contributed by atoms with Gasteiger partial charge in [0.05, 0.1) is 30.5 Å². The Hall–Kier alpha value is -3.77. The molecule has 2 unspecified atom stereocenters. The zero-order valence-corrected chi connectivity index (χ0v) is 17.8. The Kier molecular flexibility index (Phi) is 6.25. The Morgan fingerprint density at radius 2 is 1.82 bits per heavy atom. The van der Waals surface area contributed by atoms with Gasteiger partial charge in [-0.15, -0.1) is 13.2 Å². The Morgan fingerprint density at radius 3 is 2.39 bits per heavy atom. The average Bonchev–Trinajstić information content (AvgIpc) is 2.91. The molecular weight excluding hydrogens is 449 g/mol. The summed E-state index contributed by atoms with van der Waals surface area (Å²) in [5, 5.41) is 7.44. The molecule has 0 spiro atoms. The number of carbonyl (C=O) groups is 4. The molecule has 33 heavy (non-hydrogen) atoms. The van der Waals surface area contributed by atoms with Crippen molar-refractivity contribution in [2.45, 2.75) is 38.7 Å². The summed E-state index contributed by atoms with van der Waals surface area (Å²) >= 11 is 0. The van der Waals surface area contributed by atoms with Gasteiger partial charge in [-0.25, -0.2) is 14.4 Å². The number of carbonyl (C=O) groups excluding carboxylic acids is 4. The second kappa shape index (κ2) is 8.64. The van der Waals surface area contributed by atoms with Gasteiger partial charge < -0.3 is 25.4 Å². The number of hydrogen-bond acceptors (Lipinski definition) is 6. The molecule has 13 heteroatoms. The van der Waals surface area contributed by atoms with Crippen LogP contribution in [-0.4, -0.2) is 54.4 Å². The zero-order chi connectivity index (χ0) is 24.6. The fraction of sp³-hybridized carbons (Fsp3) is 0.400. The molecule has 1 aromatic rings. The van der Waals surface area contributed by atoms with Gasteiger partial charge >= 0.3 is 24.4 Å². The van der Waals surface area contributed by atoms with Crippen molar-refractivity contribution < 1.29 is 41.8 Å². The SMILES string of the molecule is CCOC(=O)C1=C(CN2C(=O)NC(C)(c3ccc(OC(F)(F)F)cc3)C2=O)NC(=O)NC1C. The normalized spacial score (nSPS) is 23.2. The molecule has 1 aromatic carbocycles. The van der Waals surface area contributed by atoms with Crippen LogP contribution in [-0.2, 0) is 19.9 Å². The lowest BCUT2D eigenvalue weighted by atomic mass is 9.92. The molecule has 3 rings (SSSR count). The molecule has 0 radical (unpaired) electrons. The number of nitrogens with one attached hydrogen (secondary N) is 3. The van der Waals surface area contributed by atoms with Crippen LogP contribution in [0.2, 0.25) is 0 Å². The molecule has 0 saturated carbocycles. The maximum Gasteiger partial charge on any atom is 0.573 e. The predicted octanol–water partition coefficient (Wildman–Crippen LogP) is 1.87. The van der Waals surface area contributed by atoms with Gasteiger partial charge in [0, 0.05) is 0 Å². The molecule has 10 nitrogen and oxygen atoms in total. The van der Waals surface area contributed by atoms with E-state index in [1.165, 1.54) is 19.1 Å². The summed E-state index contributed by atoms with van der Waals surface area (Å²) in [4.78, 5) is 50.9. The number of ether oxygens (including phenoxy) is 2. The summed E-state index contributed by atoms with van der Waals surface area (Å²) < 4.78 is 46.0. The van der Waals surface area contributed by atoms with Crippen molar-refractivity contribution in [1.29, 1.82) is 0 Å². The van der Waals surface area contributed by atoms with Gasteiger partial charge in [0.1, 0.15) is 11.3 Å². The van der Waals surface area contributed by atoms with Crippen molar-refractivity contribution in [1.82, 2.24) is 20.9 Å². The highest BCUT2D eigenvalue weighted by molar-refractivity contribution is 6.07. The third-order valence-electron chi connectivity index (χ3n) is 5.12. The maximum absolute atomic E-state index is 13.2. The minimum atomic E-state index is -4.87. The summed E-state index contributed by atoms with van der Waals surface area (Å²) in [7, 11) is 0. The van der Waals surface area contributed by atoms with E-state index in [0.717, 1.165) is 17.0 Å². The number of amides is 5. The number of imide groups is 1. The third kappa shape index (κ3) is 4.86. The van der Waals surface area contributed by atoms with Crippen molar-refractivity contribution >= 4 is 23.9 Å². The molecule has 0 aliphatic carbocycles. The van der Waals surface area contributed by atoms with E-state index < -0.39 is 54.2 Å². The number of alkyl halides is 3. The summed E-state index contributed by atoms with van der Waals surface area (Å²) in [6, 6.07) is 2.32. The van der Waals surface area contributed by atoms with Crippen molar-refractivity contribution in [2.24, 2.45) is 0 Å². The first-order valence-corrected chi connectivity index (χ1v) is 9.83. The smallest absolute Gasteiger partial charge is 0.463 e. The Morgan fingerprint density at radius 1 is 1.18 bits per heavy atom. The minimum Gasteiger partial charge on any atom is -0.463 e. The van der Waals surface area contributed by atoms with E-state index in [1.54, 1.807) is 13.8 Å². The quantitative estimate of drug-likeness (QED) is 0.431. The standard InChI is InChI=1S/C20H21F3N4O6/c1-4-32-15(28)14-10(2)24-17(30)25-13(14)9-27-16(29)19(3,26-18(27)31)11-5-7-12(8-6-11)33-20(21,22)23/h5-8,10H,4,9H2,1-3H3,(H,26,31)(H2,24,25,30). The molecule has 0 aromatic heterocycles. The summed E-state index contributed by atoms with van der Waals surface area (Å²) in [5.41, 5.74) is -1.31. The average molecular weight is 470 g/mol. The number of esters is 1. The Labute approximate surface area is 186 Å². The molecule has 178 valence electrons. The second-order valence-corrected chi connectivity index (χ2v) is 7.45. The number of hydrogen-bond donors (Lipinski definition) is 3. The van der Waals surface area contributed by atoms with Gasteiger partial charge in [-0.2, -0.15) is 0 Å². The highest BCUT2D eigenvalue weighted by Gasteiger charge is 2.50. The van der Waals surface area contributed by atoms with Crippen molar-refractivity contribution in [3.63, 3.8) is 0 Å². The lowest BCUT2D eigenvalue weighted by Gasteiger charge is -2.28. The van der Waals surface area contributed by atoms with E-state index in [2.05, 4.69) is 20.7 Å². The zero-order valence-electron chi connectivity index (χ0n) is 17.8. The third-order valence-corrected chi connectivity index (χ3v) is 5.12. The molecule has 2 aliphatic heterocycles. The van der Waals surface area contributed by atoms with Crippen LogP contribution in [0.4, 0.5) is 22.8 Å². The van der Waals surface area contributed by atoms with Crippen LogP contribution in [0.25, 0.3) is 0 Å². The molecule has 3 N–H and O–H groups in total. The fourth-order valence-electron chi connectivity index (χ4n) is 3.59. The van der Waals surface area contributed by atoms with Gasteiger partial charge in [0.2, 0.25) is 0 Å². The summed E-state index contributed by atoms with van der Waals surface area (Å²) in [6.45, 7) is 4.18. The van der Waals surface area contributed by atoms with Crippen LogP contribution in [0.15, 0.2) is 35.5 Å². The first kappa shape index (κ1) is 23.9. The highest BCUT2D eigenvalue weighted by Crippen LogP contribution is 2.32. The van der Waals surface area contributed by atoms with Crippen LogP contribution in [0, 0.1) is 0 Å². The number of rotatable bonds is 6. The van der Waals surface area contributed by atoms with Crippen LogP contribution in [0.3, 0.4) is 0 Å². The summed E-state index contributed by atoms with van der Waals surface area (Å²) in [5.74, 6) is -1.94. The molecule has 1 saturated heterocycles. The van der Waals surface area contributed by atoms with E-state index in [9.17, 15) is 32.3 Å². The molecule has 0 bridgehead atoms. The monoisotopic (exact) mass is 470 g/mol. The van der Waals surface area contributed by atoms with Crippen molar-refractivity contribution in [2.75, 3.05) is 13.2 Å². The number of urea groups is 2. The van der Waals surface area contributed by atoms with E-state index in [0.29, 0.717) is 0 Å². The van der Waals surface area contributed by atoms with Crippen LogP contribution in [0.5, 0.6) is 5.75 Å². The number of benzene rings is 1. The second-order valence-electron chi connectivity index (χ2n) is 7.45. The number of halogens is 3. The van der Waals surface area contributed by atoms with E-state index in [4.69, 9.17) is 4.74 Å². The highest BCUT2D eigenvalue weighted by atomic mass is 19.4. The molecule has 1 fully saturated rings. The van der Waals surface area contributed by atoms with E-state index >= 15 is 0 Å². The minimum absolute atomic E-state index is 0.0198. The van der Waals surface area contributed by atoms with Crippen LogP contribution < -0.4 is 20.7 Å². The van der Waals surface area contributed by atoms with Gasteiger partial charge in [0.15, 0.2) is 0 Å². The molecule has 2 atom stereocenters. The lowest BCUT2D eigenvalue weighted by molar-refractivity contribution is -0.274. The summed E-state index contributed by atoms with van der Waals surface area (Å²) in [6.07, 6.45) is -4.87. The molecule has 2 heterocycles. The van der Waals surface area contributed by atoms with Crippen molar-refractivity contribution in [3.8, 4) is 5.75 Å². The van der Waals surface area contributed by atoms with Gasteiger partial charge in [-0.3, -0.25) is 9.69 Å². The Bertz CT molecular complexity index is 1020. The lowest BCUT2D eigenvalue weighted by Crippen LogP contribution is -2.52. The Balaban J connectivity index is 1.88. The fourth-order valence-corrected chi connectivity index (χ4v) is 3.59. The molecule has 2 aliphatic rings. The van der Waals surface area contributed by atoms with Crippen LogP contribution >= 0.6 is 0 Å². The van der Waals surface area contributed by atoms with E-state index in [1.807, 2.05) is 0 Å². The topological polar surface area (TPSA) is 126 Å². The largest absolute Gasteiger partial charge is 0.573 e. The maximum atomic E-state index is 13.2. The number of nitrogens with zero attached hydrogens (tertiary/aromatic N) is 1. The van der Waals surface area contributed by atoms with E-state index in [-0.39, 0.29) is 23.4 Å². The van der Waals surface area contributed by atoms with Crippen molar-refractivity contribution in [3.05, 3.63) is 41.1 Å². The first-order valence-electron chi connectivity index (χ1n) is 9.83. The first-order chi connectivity index (χ1) is 15.4.